The van der Waals surface area contributed by atoms with Gasteiger partial charge in [-0.15, -0.1) is 5.10 Å². The lowest BCUT2D eigenvalue weighted by Gasteiger charge is -2.35. The normalized spacial score (nSPS) is 15.6. The second kappa shape index (κ2) is 10.4. The molecule has 0 spiro atoms. The molecule has 39 heavy (non-hydrogen) atoms. The van der Waals surface area contributed by atoms with Crippen LogP contribution in [0.3, 0.4) is 0 Å². The van der Waals surface area contributed by atoms with E-state index in [0.717, 1.165) is 23.0 Å². The van der Waals surface area contributed by atoms with Gasteiger partial charge >= 0.3 is 17.8 Å². The van der Waals surface area contributed by atoms with Crippen molar-refractivity contribution in [2.24, 2.45) is 0 Å². The molecule has 4 rings (SSSR count). The van der Waals surface area contributed by atoms with E-state index in [9.17, 15) is 36.4 Å². The number of nitrogens with zero attached hydrogens (tertiary/aromatic N) is 4. The molecule has 10 nitrogen and oxygen atoms in total. The zero-order valence-electron chi connectivity index (χ0n) is 20.7. The topological polar surface area (TPSA) is 138 Å². The number of benzene rings is 2. The molecular weight excluding hydrogens is 539 g/mol. The fourth-order valence-corrected chi connectivity index (χ4v) is 4.94. The third kappa shape index (κ3) is 5.73. The molecular formula is C25H22F3N5O5S. The van der Waals surface area contributed by atoms with Crippen LogP contribution in [0.5, 0.6) is 0 Å². The zero-order chi connectivity index (χ0) is 28.5. The maximum Gasteiger partial charge on any atom is 0.416 e. The van der Waals surface area contributed by atoms with Crippen LogP contribution in [0, 0.1) is 11.3 Å². The first kappa shape index (κ1) is 27.6. The summed E-state index contributed by atoms with van der Waals surface area (Å²) in [4.78, 5) is 27.7. The Morgan fingerprint density at radius 1 is 1.21 bits per heavy atom. The van der Waals surface area contributed by atoms with Crippen molar-refractivity contribution in [3.8, 4) is 6.07 Å². The minimum absolute atomic E-state index is 0.0109. The highest BCUT2D eigenvalue weighted by Gasteiger charge is 2.40. The minimum Gasteiger partial charge on any atom is -0.462 e. The van der Waals surface area contributed by atoms with Gasteiger partial charge in [-0.05, 0) is 49.2 Å². The maximum absolute atomic E-state index is 13.5. The van der Waals surface area contributed by atoms with Crippen molar-refractivity contribution in [1.29, 1.82) is 5.26 Å². The fraction of sp³-hybridized carbons (Fsp3) is 0.280. The van der Waals surface area contributed by atoms with Crippen LogP contribution in [0.2, 0.25) is 0 Å². The van der Waals surface area contributed by atoms with Crippen LogP contribution in [0.1, 0.15) is 36.1 Å². The summed E-state index contributed by atoms with van der Waals surface area (Å²) in [6, 6.07) is 11.2. The summed E-state index contributed by atoms with van der Waals surface area (Å²) in [5, 5.41) is 15.5. The number of alkyl halides is 3. The number of carbonyl (C=O) groups is 1. The van der Waals surface area contributed by atoms with E-state index in [1.54, 1.807) is 0 Å². The number of halogens is 3. The molecule has 0 bridgehead atoms. The van der Waals surface area contributed by atoms with Crippen molar-refractivity contribution in [2.75, 3.05) is 23.5 Å². The third-order valence-electron chi connectivity index (χ3n) is 6.04. The Balaban J connectivity index is 1.87. The molecule has 3 aromatic rings. The van der Waals surface area contributed by atoms with Crippen molar-refractivity contribution in [3.63, 3.8) is 0 Å². The van der Waals surface area contributed by atoms with Crippen LogP contribution in [-0.2, 0) is 25.5 Å². The lowest BCUT2D eigenvalue weighted by molar-refractivity contribution is -0.140. The lowest BCUT2D eigenvalue weighted by atomic mass is 9.93. The Bertz CT molecular complexity index is 1650. The minimum atomic E-state index is -4.65. The third-order valence-corrected chi connectivity index (χ3v) is 7.07. The Morgan fingerprint density at radius 3 is 2.51 bits per heavy atom. The second-order valence-corrected chi connectivity index (χ2v) is 11.1. The number of hydrogen-bond acceptors (Lipinski definition) is 8. The number of ether oxygens (including phenoxy) is 1. The number of sulfone groups is 1. The van der Waals surface area contributed by atoms with E-state index < -0.39 is 39.3 Å². The lowest BCUT2D eigenvalue weighted by Crippen LogP contribution is -2.38. The fourth-order valence-electron chi connectivity index (χ4n) is 4.29. The summed E-state index contributed by atoms with van der Waals surface area (Å²) < 4.78 is 69.9. The molecule has 0 amide bonds. The average Bonchev–Trinajstić information content (AvgIpc) is 3.25. The van der Waals surface area contributed by atoms with E-state index in [1.807, 2.05) is 6.07 Å². The summed E-state index contributed by atoms with van der Waals surface area (Å²) in [6.45, 7) is 1.23. The SMILES string of the molecule is CC1=C(C(=O)OCCCS(C)(=O)=O)[C@@H](c2ccc(C#N)cc2)n2c(n[nH]c2=O)N1c1cccc(C(F)(F)F)c1. The van der Waals surface area contributed by atoms with Gasteiger partial charge in [0.1, 0.15) is 15.9 Å². The molecule has 2 aromatic carbocycles. The summed E-state index contributed by atoms with van der Waals surface area (Å²) in [5.41, 5.74) is -0.906. The number of aromatic amines is 1. The van der Waals surface area contributed by atoms with Crippen molar-refractivity contribution in [3.05, 3.63) is 87.0 Å². The molecule has 0 unspecified atom stereocenters. The molecule has 1 N–H and O–H groups in total. The highest BCUT2D eigenvalue weighted by Crippen LogP contribution is 2.42. The molecule has 0 aliphatic carbocycles. The zero-order valence-corrected chi connectivity index (χ0v) is 21.5. The number of allylic oxidation sites excluding steroid dienone is 1. The smallest absolute Gasteiger partial charge is 0.416 e. The molecule has 0 radical (unpaired) electrons. The number of H-pyrrole nitrogens is 1. The van der Waals surface area contributed by atoms with E-state index in [2.05, 4.69) is 10.2 Å². The summed E-state index contributed by atoms with van der Waals surface area (Å²) in [5.74, 6) is -1.19. The second-order valence-electron chi connectivity index (χ2n) is 8.84. The van der Waals surface area contributed by atoms with Crippen molar-refractivity contribution < 1.29 is 31.1 Å². The van der Waals surface area contributed by atoms with Crippen LogP contribution < -0.4 is 10.6 Å². The Labute approximate surface area is 220 Å². The molecule has 0 saturated heterocycles. The predicted octanol–water partition coefficient (Wildman–Crippen LogP) is 3.45. The van der Waals surface area contributed by atoms with E-state index in [1.165, 1.54) is 48.2 Å². The van der Waals surface area contributed by atoms with Gasteiger partial charge in [-0.25, -0.2) is 27.7 Å². The van der Waals surface area contributed by atoms with Gasteiger partial charge in [0.25, 0.3) is 0 Å². The van der Waals surface area contributed by atoms with E-state index in [0.29, 0.717) is 11.1 Å². The molecule has 1 aliphatic heterocycles. The van der Waals surface area contributed by atoms with E-state index in [-0.39, 0.29) is 41.7 Å². The Kier molecular flexibility index (Phi) is 7.38. The van der Waals surface area contributed by atoms with Crippen LogP contribution in [0.15, 0.2) is 64.6 Å². The largest absolute Gasteiger partial charge is 0.462 e. The summed E-state index contributed by atoms with van der Waals surface area (Å²) in [6.07, 6.45) is -3.59. The monoisotopic (exact) mass is 561 g/mol. The van der Waals surface area contributed by atoms with Gasteiger partial charge < -0.3 is 4.74 Å². The molecule has 0 fully saturated rings. The molecule has 14 heteroatoms. The van der Waals surface area contributed by atoms with Crippen molar-refractivity contribution >= 4 is 27.4 Å². The first-order chi connectivity index (χ1) is 18.3. The van der Waals surface area contributed by atoms with Gasteiger partial charge in [0.2, 0.25) is 5.95 Å². The number of hydrogen-bond donors (Lipinski definition) is 1. The van der Waals surface area contributed by atoms with Gasteiger partial charge in [-0.2, -0.15) is 18.4 Å². The van der Waals surface area contributed by atoms with Crippen LogP contribution in [0.4, 0.5) is 24.8 Å². The molecule has 1 aromatic heterocycles. The molecule has 1 atom stereocenters. The number of fused-ring (bicyclic) bond motifs is 1. The van der Waals surface area contributed by atoms with E-state index >= 15 is 0 Å². The van der Waals surface area contributed by atoms with Crippen molar-refractivity contribution in [2.45, 2.75) is 25.6 Å². The number of nitrogens with one attached hydrogen (secondary N) is 1. The molecule has 204 valence electrons. The number of anilines is 2. The first-order valence-electron chi connectivity index (χ1n) is 11.5. The Morgan fingerprint density at radius 2 is 1.90 bits per heavy atom. The first-order valence-corrected chi connectivity index (χ1v) is 13.6. The predicted molar refractivity (Wildman–Crippen MR) is 134 cm³/mol. The van der Waals surface area contributed by atoms with E-state index in [4.69, 9.17) is 4.74 Å². The number of aromatic nitrogens is 3. The highest BCUT2D eigenvalue weighted by molar-refractivity contribution is 7.90. The van der Waals surface area contributed by atoms with Crippen molar-refractivity contribution in [1.82, 2.24) is 14.8 Å². The van der Waals surface area contributed by atoms with Gasteiger partial charge in [-0.3, -0.25) is 4.90 Å². The summed E-state index contributed by atoms with van der Waals surface area (Å²) in [7, 11) is -3.30. The van der Waals surface area contributed by atoms with Gasteiger partial charge in [0, 0.05) is 17.6 Å². The quantitative estimate of drug-likeness (QED) is 0.342. The number of carbonyl (C=O) groups excluding carboxylic acids is 1. The number of nitriles is 1. The Hall–Kier alpha value is -4.38. The molecule has 1 aliphatic rings. The van der Waals surface area contributed by atoms with Crippen LogP contribution >= 0.6 is 0 Å². The molecule has 0 saturated carbocycles. The van der Waals surface area contributed by atoms with Gasteiger partial charge in [0.05, 0.1) is 35.1 Å². The van der Waals surface area contributed by atoms with Gasteiger partial charge in [0.15, 0.2) is 0 Å². The molecule has 2 heterocycles. The number of rotatable bonds is 7. The van der Waals surface area contributed by atoms with Crippen LogP contribution in [0.25, 0.3) is 0 Å². The maximum atomic E-state index is 13.5. The summed E-state index contributed by atoms with van der Waals surface area (Å²) >= 11 is 0. The van der Waals surface area contributed by atoms with Crippen LogP contribution in [-0.4, -0.2) is 47.8 Å². The average molecular weight is 562 g/mol. The number of esters is 1. The highest BCUT2D eigenvalue weighted by atomic mass is 32.2. The standard InChI is InChI=1S/C25H22F3N5O5S/c1-15-20(22(34)38-11-4-12-39(2,36)37)21(17-9-7-16(14-29)8-10-17)33-23(30-31-24(33)35)32(15)19-6-3-5-18(13-19)25(26,27)28/h3,5-10,13,21H,4,11-12H2,1-2H3,(H,31,35)/t21-/m1/s1. The van der Waals surface area contributed by atoms with Gasteiger partial charge in [-0.1, -0.05) is 18.2 Å².